The smallest absolute Gasteiger partial charge is 0.241 e. The lowest BCUT2D eigenvalue weighted by Crippen LogP contribution is -2.44. The molecule has 1 saturated heterocycles. The summed E-state index contributed by atoms with van der Waals surface area (Å²) in [5, 5.41) is 4.68. The fraction of sp³-hybridized carbons (Fsp3) is 0.375. The number of piperidine rings is 1. The fourth-order valence-corrected chi connectivity index (χ4v) is 4.92. The second kappa shape index (κ2) is 8.44. The predicted molar refractivity (Wildman–Crippen MR) is 120 cm³/mol. The number of carbonyl (C=O) groups is 1. The first-order valence-electron chi connectivity index (χ1n) is 10.8. The summed E-state index contributed by atoms with van der Waals surface area (Å²) in [6.07, 6.45) is 2.62. The van der Waals surface area contributed by atoms with Crippen molar-refractivity contribution in [3.8, 4) is 11.4 Å². The van der Waals surface area contributed by atoms with Crippen LogP contribution in [0.25, 0.3) is 11.4 Å². The van der Waals surface area contributed by atoms with Gasteiger partial charge in [0.15, 0.2) is 0 Å². The molecule has 2 aliphatic rings. The molecule has 1 fully saturated rings. The Hall–Kier alpha value is -2.70. The third kappa shape index (κ3) is 3.98. The van der Waals surface area contributed by atoms with Crippen LogP contribution < -0.4 is 4.90 Å². The van der Waals surface area contributed by atoms with Crippen LogP contribution in [0.5, 0.6) is 0 Å². The van der Waals surface area contributed by atoms with E-state index in [4.69, 9.17) is 16.1 Å². The third-order valence-electron chi connectivity index (χ3n) is 6.32. The van der Waals surface area contributed by atoms with E-state index in [-0.39, 0.29) is 17.9 Å². The monoisotopic (exact) mass is 436 g/mol. The number of anilines is 1. The molecular formula is C24H25ClN4O2. The third-order valence-corrected chi connectivity index (χ3v) is 6.65. The Kier molecular flexibility index (Phi) is 5.50. The largest absolute Gasteiger partial charge is 0.338 e. The molecule has 0 bridgehead atoms. The van der Waals surface area contributed by atoms with Crippen molar-refractivity contribution in [2.75, 3.05) is 18.0 Å². The van der Waals surface area contributed by atoms with Crippen LogP contribution in [0.4, 0.5) is 5.69 Å². The molecule has 0 radical (unpaired) electrons. The number of hydrogen-bond acceptors (Lipinski definition) is 5. The van der Waals surface area contributed by atoms with Gasteiger partial charge in [-0.2, -0.15) is 4.98 Å². The number of hydrogen-bond donors (Lipinski definition) is 0. The van der Waals surface area contributed by atoms with Gasteiger partial charge in [-0.25, -0.2) is 0 Å². The number of halogens is 1. The average molecular weight is 437 g/mol. The summed E-state index contributed by atoms with van der Waals surface area (Å²) >= 11 is 6.23. The average Bonchev–Trinajstić information content (AvgIpc) is 3.37. The van der Waals surface area contributed by atoms with Crippen LogP contribution in [0.1, 0.15) is 31.2 Å². The zero-order valence-electron chi connectivity index (χ0n) is 17.5. The number of aromatic nitrogens is 2. The van der Waals surface area contributed by atoms with Crippen molar-refractivity contribution in [2.45, 2.75) is 38.8 Å². The van der Waals surface area contributed by atoms with Crippen molar-refractivity contribution in [2.24, 2.45) is 5.92 Å². The van der Waals surface area contributed by atoms with Crippen molar-refractivity contribution >= 4 is 23.2 Å². The van der Waals surface area contributed by atoms with Crippen LogP contribution in [0, 0.1) is 5.92 Å². The maximum Gasteiger partial charge on any atom is 0.241 e. The molecule has 1 unspecified atom stereocenters. The van der Waals surface area contributed by atoms with Gasteiger partial charge in [-0.1, -0.05) is 47.1 Å². The molecule has 3 aromatic rings. The predicted octanol–water partition coefficient (Wildman–Crippen LogP) is 4.58. The number of benzene rings is 2. The molecule has 1 atom stereocenters. The van der Waals surface area contributed by atoms with Crippen LogP contribution >= 0.6 is 11.6 Å². The molecule has 2 aromatic carbocycles. The van der Waals surface area contributed by atoms with E-state index in [1.807, 2.05) is 41.3 Å². The first-order chi connectivity index (χ1) is 15.1. The van der Waals surface area contributed by atoms with Crippen molar-refractivity contribution in [1.82, 2.24) is 15.0 Å². The second-order valence-electron chi connectivity index (χ2n) is 8.43. The van der Waals surface area contributed by atoms with Crippen LogP contribution in [0.2, 0.25) is 5.02 Å². The number of likely N-dealkylation sites (tertiary alicyclic amines) is 1. The first-order valence-corrected chi connectivity index (χ1v) is 11.2. The highest BCUT2D eigenvalue weighted by atomic mass is 35.5. The minimum absolute atomic E-state index is 0.0613. The maximum atomic E-state index is 13.3. The molecule has 0 aliphatic carbocycles. The molecule has 1 aromatic heterocycles. The molecule has 31 heavy (non-hydrogen) atoms. The van der Waals surface area contributed by atoms with Gasteiger partial charge >= 0.3 is 0 Å². The quantitative estimate of drug-likeness (QED) is 0.599. The Morgan fingerprint density at radius 3 is 2.68 bits per heavy atom. The van der Waals surface area contributed by atoms with Gasteiger partial charge < -0.3 is 9.42 Å². The zero-order chi connectivity index (χ0) is 21.4. The molecule has 0 N–H and O–H groups in total. The number of fused-ring (bicyclic) bond motifs is 1. The van der Waals surface area contributed by atoms with E-state index < -0.39 is 0 Å². The van der Waals surface area contributed by atoms with Gasteiger partial charge in [-0.3, -0.25) is 9.69 Å². The minimum Gasteiger partial charge on any atom is -0.338 e. The summed E-state index contributed by atoms with van der Waals surface area (Å²) in [4.78, 5) is 22.1. The molecule has 7 heteroatoms. The molecule has 1 amide bonds. The van der Waals surface area contributed by atoms with Gasteiger partial charge in [0.1, 0.15) is 0 Å². The van der Waals surface area contributed by atoms with Gasteiger partial charge in [0.05, 0.1) is 11.6 Å². The van der Waals surface area contributed by atoms with Crippen molar-refractivity contribution in [1.29, 1.82) is 0 Å². The second-order valence-corrected chi connectivity index (χ2v) is 8.84. The molecule has 160 valence electrons. The summed E-state index contributed by atoms with van der Waals surface area (Å²) < 4.78 is 5.45. The van der Waals surface area contributed by atoms with E-state index >= 15 is 0 Å². The van der Waals surface area contributed by atoms with Gasteiger partial charge in [0, 0.05) is 23.2 Å². The number of carbonyl (C=O) groups excluding carboxylic acids is 1. The minimum atomic E-state index is 0.0613. The van der Waals surface area contributed by atoms with Crippen molar-refractivity contribution in [3.63, 3.8) is 0 Å². The van der Waals surface area contributed by atoms with E-state index in [0.29, 0.717) is 23.3 Å². The Bertz CT molecular complexity index is 1090. The molecule has 0 saturated carbocycles. The van der Waals surface area contributed by atoms with E-state index in [1.54, 1.807) is 0 Å². The van der Waals surface area contributed by atoms with Crippen LogP contribution in [-0.4, -0.2) is 40.1 Å². The number of para-hydroxylation sites is 1. The lowest BCUT2D eigenvalue weighted by molar-refractivity contribution is -0.124. The van der Waals surface area contributed by atoms with Crippen LogP contribution in [-0.2, 0) is 17.8 Å². The lowest BCUT2D eigenvalue weighted by Gasteiger charge is -2.34. The summed E-state index contributed by atoms with van der Waals surface area (Å²) in [5.41, 5.74) is 3.12. The Balaban J connectivity index is 1.20. The Labute approximate surface area is 186 Å². The van der Waals surface area contributed by atoms with Crippen LogP contribution in [0.3, 0.4) is 0 Å². The molecule has 5 rings (SSSR count). The first kappa shape index (κ1) is 20.2. The van der Waals surface area contributed by atoms with E-state index in [9.17, 15) is 4.79 Å². The molecular weight excluding hydrogens is 412 g/mol. The summed E-state index contributed by atoms with van der Waals surface area (Å²) in [6.45, 7) is 4.40. The zero-order valence-corrected chi connectivity index (χ0v) is 18.3. The SMILES string of the molecule is CC1Cc2ccccc2N1C(=O)C1CCN(Cc2nc(-c3ccccc3Cl)no2)CC1. The van der Waals surface area contributed by atoms with E-state index in [1.165, 1.54) is 5.56 Å². The number of rotatable bonds is 4. The van der Waals surface area contributed by atoms with Gasteiger partial charge in [0.2, 0.25) is 17.6 Å². The van der Waals surface area contributed by atoms with E-state index in [2.05, 4.69) is 34.1 Å². The topological polar surface area (TPSA) is 62.5 Å². The standard InChI is InChI=1S/C24H25ClN4O2/c1-16-14-18-6-2-5-9-21(18)29(16)24(30)17-10-12-28(13-11-17)15-22-26-23(27-31-22)19-7-3-4-8-20(19)25/h2-9,16-17H,10-15H2,1H3. The summed E-state index contributed by atoms with van der Waals surface area (Å²) in [6, 6.07) is 16.0. The lowest BCUT2D eigenvalue weighted by atomic mass is 9.95. The summed E-state index contributed by atoms with van der Waals surface area (Å²) in [7, 11) is 0. The van der Waals surface area contributed by atoms with Crippen LogP contribution in [0.15, 0.2) is 53.1 Å². The Morgan fingerprint density at radius 1 is 1.13 bits per heavy atom. The normalized spacial score (nSPS) is 19.5. The number of amides is 1. The van der Waals surface area contributed by atoms with Gasteiger partial charge in [-0.05, 0) is 63.0 Å². The summed E-state index contributed by atoms with van der Waals surface area (Å²) in [5.74, 6) is 1.40. The highest BCUT2D eigenvalue weighted by Crippen LogP contribution is 2.34. The Morgan fingerprint density at radius 2 is 1.87 bits per heavy atom. The highest BCUT2D eigenvalue weighted by molar-refractivity contribution is 6.33. The van der Waals surface area contributed by atoms with Gasteiger partial charge in [0.25, 0.3) is 0 Å². The van der Waals surface area contributed by atoms with E-state index in [0.717, 1.165) is 43.6 Å². The maximum absolute atomic E-state index is 13.3. The van der Waals surface area contributed by atoms with Gasteiger partial charge in [-0.15, -0.1) is 0 Å². The fourth-order valence-electron chi connectivity index (χ4n) is 4.70. The number of nitrogens with zero attached hydrogens (tertiary/aromatic N) is 4. The van der Waals surface area contributed by atoms with Crippen molar-refractivity contribution < 1.29 is 9.32 Å². The highest BCUT2D eigenvalue weighted by Gasteiger charge is 2.36. The molecule has 3 heterocycles. The molecule has 6 nitrogen and oxygen atoms in total. The molecule has 2 aliphatic heterocycles. The van der Waals surface area contributed by atoms with Crippen molar-refractivity contribution in [3.05, 3.63) is 65.0 Å². The molecule has 0 spiro atoms.